The van der Waals surface area contributed by atoms with E-state index < -0.39 is 35.5 Å². The topological polar surface area (TPSA) is 149 Å². The molecule has 0 saturated heterocycles. The Morgan fingerprint density at radius 2 is 1.92 bits per heavy atom. The van der Waals surface area contributed by atoms with E-state index >= 15 is 0 Å². The minimum absolute atomic E-state index is 0.0506. The molecular formula is C25H33FN8O3. The van der Waals surface area contributed by atoms with E-state index in [0.717, 1.165) is 11.6 Å². The van der Waals surface area contributed by atoms with Gasteiger partial charge in [0.2, 0.25) is 0 Å². The van der Waals surface area contributed by atoms with E-state index in [-0.39, 0.29) is 17.2 Å². The smallest absolute Gasteiger partial charge is 0.407 e. The van der Waals surface area contributed by atoms with Gasteiger partial charge in [0, 0.05) is 18.3 Å². The second kappa shape index (κ2) is 11.2. The van der Waals surface area contributed by atoms with E-state index in [2.05, 4.69) is 31.0 Å². The summed E-state index contributed by atoms with van der Waals surface area (Å²) >= 11 is 0. The molecule has 198 valence electrons. The summed E-state index contributed by atoms with van der Waals surface area (Å²) in [6, 6.07) is 1.96. The van der Waals surface area contributed by atoms with Gasteiger partial charge in [-0.1, -0.05) is 6.92 Å². The molecule has 0 spiro atoms. The molecule has 37 heavy (non-hydrogen) atoms. The summed E-state index contributed by atoms with van der Waals surface area (Å²) in [6.07, 6.45) is 6.67. The van der Waals surface area contributed by atoms with E-state index in [9.17, 15) is 14.0 Å². The summed E-state index contributed by atoms with van der Waals surface area (Å²) in [7, 11) is 0. The Balaban J connectivity index is 1.85. The second-order valence-corrected chi connectivity index (χ2v) is 9.69. The van der Waals surface area contributed by atoms with Crippen LogP contribution in [0.1, 0.15) is 57.0 Å². The predicted molar refractivity (Wildman–Crippen MR) is 139 cm³/mol. The maximum absolute atomic E-state index is 15.0. The Labute approximate surface area is 215 Å². The first-order valence-electron chi connectivity index (χ1n) is 11.9. The fourth-order valence-corrected chi connectivity index (χ4v) is 3.54. The number of pyridine rings is 2. The Morgan fingerprint density at radius 1 is 1.19 bits per heavy atom. The summed E-state index contributed by atoms with van der Waals surface area (Å²) in [6.45, 7) is 10.9. The SMILES string of the molecule is CC[C@@H](Nc1nc(Nc2cncc(-n3cc(C)cn3)c2)c(C(N)=O)cc1F)[C@H](C)NC(=O)OC(C)(C)C. The van der Waals surface area contributed by atoms with Crippen LogP contribution in [0.5, 0.6) is 0 Å². The zero-order valence-electron chi connectivity index (χ0n) is 21.8. The number of carbonyl (C=O) groups excluding carboxylic acids is 2. The third-order valence-electron chi connectivity index (χ3n) is 5.31. The van der Waals surface area contributed by atoms with Gasteiger partial charge in [-0.05, 0) is 58.7 Å². The zero-order chi connectivity index (χ0) is 27.3. The molecule has 0 aromatic carbocycles. The van der Waals surface area contributed by atoms with Crippen molar-refractivity contribution in [3.05, 3.63) is 53.9 Å². The van der Waals surface area contributed by atoms with Gasteiger partial charge in [-0.3, -0.25) is 9.78 Å². The first-order valence-corrected chi connectivity index (χ1v) is 11.9. The van der Waals surface area contributed by atoms with Crippen LogP contribution >= 0.6 is 0 Å². The molecule has 12 heteroatoms. The van der Waals surface area contributed by atoms with Crippen LogP contribution in [0.4, 0.5) is 26.5 Å². The standard InChI is InChI=1S/C25H33FN8O3/c1-7-20(15(3)30-24(36)37-25(4,5)6)32-23-19(26)9-18(21(27)35)22(33-23)31-16-8-17(12-28-11-16)34-13-14(2)10-29-34/h8-13,15,20H,7H2,1-6H3,(H2,27,35)(H,30,36)(H2,31,32,33)/t15-,20+/m0/s1. The molecule has 0 aliphatic heterocycles. The number of amides is 2. The lowest BCUT2D eigenvalue weighted by Crippen LogP contribution is -2.46. The highest BCUT2D eigenvalue weighted by atomic mass is 19.1. The summed E-state index contributed by atoms with van der Waals surface area (Å²) in [4.78, 5) is 32.8. The Bertz CT molecular complexity index is 1270. The van der Waals surface area contributed by atoms with Gasteiger partial charge in [0.25, 0.3) is 5.91 Å². The lowest BCUT2D eigenvalue weighted by Gasteiger charge is -2.27. The number of hydrogen-bond acceptors (Lipinski definition) is 8. The van der Waals surface area contributed by atoms with Gasteiger partial charge in [-0.2, -0.15) is 5.10 Å². The molecule has 3 aromatic heterocycles. The van der Waals surface area contributed by atoms with Crippen molar-refractivity contribution in [1.29, 1.82) is 0 Å². The highest BCUT2D eigenvalue weighted by Crippen LogP contribution is 2.25. The normalized spacial score (nSPS) is 12.9. The van der Waals surface area contributed by atoms with Gasteiger partial charge in [-0.25, -0.2) is 18.9 Å². The molecule has 0 radical (unpaired) electrons. The van der Waals surface area contributed by atoms with Crippen molar-refractivity contribution < 1.29 is 18.7 Å². The monoisotopic (exact) mass is 512 g/mol. The molecule has 2 amide bonds. The molecule has 5 N–H and O–H groups in total. The number of nitrogens with one attached hydrogen (secondary N) is 3. The zero-order valence-corrected chi connectivity index (χ0v) is 21.8. The first-order chi connectivity index (χ1) is 17.4. The van der Waals surface area contributed by atoms with E-state index in [1.165, 1.54) is 6.20 Å². The van der Waals surface area contributed by atoms with Crippen LogP contribution in [-0.2, 0) is 4.74 Å². The quantitative estimate of drug-likeness (QED) is 0.335. The van der Waals surface area contributed by atoms with E-state index in [0.29, 0.717) is 17.8 Å². The number of hydrogen-bond donors (Lipinski definition) is 4. The second-order valence-electron chi connectivity index (χ2n) is 9.69. The number of rotatable bonds is 9. The average molecular weight is 513 g/mol. The van der Waals surface area contributed by atoms with Crippen molar-refractivity contribution in [2.75, 3.05) is 10.6 Å². The average Bonchev–Trinajstić information content (AvgIpc) is 3.24. The molecular weight excluding hydrogens is 479 g/mol. The minimum atomic E-state index is -0.848. The van der Waals surface area contributed by atoms with Gasteiger partial charge >= 0.3 is 6.09 Å². The maximum atomic E-state index is 15.0. The molecule has 0 fully saturated rings. The maximum Gasteiger partial charge on any atom is 0.407 e. The summed E-state index contributed by atoms with van der Waals surface area (Å²) in [5, 5.41) is 13.0. The Morgan fingerprint density at radius 3 is 2.51 bits per heavy atom. The van der Waals surface area contributed by atoms with Crippen molar-refractivity contribution in [2.45, 2.75) is 65.6 Å². The molecule has 3 rings (SSSR count). The van der Waals surface area contributed by atoms with Gasteiger partial charge in [0.1, 0.15) is 11.4 Å². The summed E-state index contributed by atoms with van der Waals surface area (Å²) in [5.41, 5.74) is 6.86. The number of primary amides is 1. The number of carbonyl (C=O) groups is 2. The van der Waals surface area contributed by atoms with Crippen LogP contribution in [0.3, 0.4) is 0 Å². The van der Waals surface area contributed by atoms with Gasteiger partial charge in [0.15, 0.2) is 11.6 Å². The van der Waals surface area contributed by atoms with Crippen LogP contribution in [0.2, 0.25) is 0 Å². The van der Waals surface area contributed by atoms with Crippen molar-refractivity contribution in [3.63, 3.8) is 0 Å². The van der Waals surface area contributed by atoms with E-state index in [1.54, 1.807) is 50.8 Å². The molecule has 3 aromatic rings. The summed E-state index contributed by atoms with van der Waals surface area (Å²) < 4.78 is 21.9. The van der Waals surface area contributed by atoms with Crippen molar-refractivity contribution in [2.24, 2.45) is 5.73 Å². The van der Waals surface area contributed by atoms with Crippen LogP contribution in [0, 0.1) is 12.7 Å². The highest BCUT2D eigenvalue weighted by Gasteiger charge is 2.24. The summed E-state index contributed by atoms with van der Waals surface area (Å²) in [5.74, 6) is -1.67. The predicted octanol–water partition coefficient (Wildman–Crippen LogP) is 4.06. The lowest BCUT2D eigenvalue weighted by molar-refractivity contribution is 0.0503. The molecule has 0 aliphatic rings. The third-order valence-corrected chi connectivity index (χ3v) is 5.31. The number of alkyl carbamates (subject to hydrolysis) is 1. The molecule has 2 atom stereocenters. The molecule has 0 unspecified atom stereocenters. The van der Waals surface area contributed by atoms with Crippen molar-refractivity contribution >= 4 is 29.3 Å². The van der Waals surface area contributed by atoms with E-state index in [4.69, 9.17) is 10.5 Å². The van der Waals surface area contributed by atoms with Crippen LogP contribution in [-0.4, -0.2) is 49.4 Å². The fraction of sp³-hybridized carbons (Fsp3) is 0.400. The van der Waals surface area contributed by atoms with E-state index in [1.807, 2.05) is 20.0 Å². The van der Waals surface area contributed by atoms with Crippen LogP contribution < -0.4 is 21.7 Å². The Hall–Kier alpha value is -4.22. The largest absolute Gasteiger partial charge is 0.444 e. The van der Waals surface area contributed by atoms with Gasteiger partial charge < -0.3 is 26.4 Å². The number of nitrogens with zero attached hydrogens (tertiary/aromatic N) is 4. The number of nitrogens with two attached hydrogens (primary N) is 1. The first kappa shape index (κ1) is 27.4. The number of aromatic nitrogens is 4. The number of halogens is 1. The third kappa shape index (κ3) is 7.38. The van der Waals surface area contributed by atoms with Crippen molar-refractivity contribution in [3.8, 4) is 5.69 Å². The number of anilines is 3. The van der Waals surface area contributed by atoms with Gasteiger partial charge in [0.05, 0.1) is 35.5 Å². The number of ether oxygens (including phenoxy) is 1. The minimum Gasteiger partial charge on any atom is -0.444 e. The lowest BCUT2D eigenvalue weighted by atomic mass is 10.1. The Kier molecular flexibility index (Phi) is 8.31. The molecule has 0 bridgehead atoms. The molecule has 3 heterocycles. The van der Waals surface area contributed by atoms with Crippen molar-refractivity contribution in [1.82, 2.24) is 25.1 Å². The van der Waals surface area contributed by atoms with Gasteiger partial charge in [-0.15, -0.1) is 0 Å². The number of aryl methyl sites for hydroxylation is 1. The van der Waals surface area contributed by atoms with Crippen LogP contribution in [0.15, 0.2) is 36.9 Å². The fourth-order valence-electron chi connectivity index (χ4n) is 3.54. The molecule has 11 nitrogen and oxygen atoms in total. The highest BCUT2D eigenvalue weighted by molar-refractivity contribution is 5.98. The molecule has 0 aliphatic carbocycles. The van der Waals surface area contributed by atoms with Crippen LogP contribution in [0.25, 0.3) is 5.69 Å². The molecule has 0 saturated carbocycles.